The fourth-order valence-corrected chi connectivity index (χ4v) is 4.28. The van der Waals surface area contributed by atoms with Gasteiger partial charge in [0.25, 0.3) is 11.6 Å². The van der Waals surface area contributed by atoms with Crippen LogP contribution < -0.4 is 4.90 Å². The van der Waals surface area contributed by atoms with Gasteiger partial charge in [-0.15, -0.1) is 11.3 Å². The number of amides is 1. The number of anilines is 1. The minimum Gasteiger partial charge on any atom is -0.268 e. The predicted octanol–water partition coefficient (Wildman–Crippen LogP) is 4.37. The molecule has 0 unspecified atom stereocenters. The van der Waals surface area contributed by atoms with Crippen LogP contribution in [-0.2, 0) is 4.79 Å². The molecule has 23 heavy (non-hydrogen) atoms. The van der Waals surface area contributed by atoms with Crippen molar-refractivity contribution >= 4 is 63.0 Å². The molecule has 3 rings (SSSR count). The number of thiophene rings is 1. The number of nitrogens with zero attached hydrogens (tertiary/aromatic N) is 2. The van der Waals surface area contributed by atoms with E-state index < -0.39 is 4.92 Å². The number of nitro groups is 1. The first-order valence-corrected chi connectivity index (χ1v) is 8.64. The number of rotatable bonds is 3. The summed E-state index contributed by atoms with van der Waals surface area (Å²) in [6.45, 7) is 1.99. The van der Waals surface area contributed by atoms with Gasteiger partial charge in [-0.1, -0.05) is 24.0 Å². The summed E-state index contributed by atoms with van der Waals surface area (Å²) >= 11 is 8.09. The Morgan fingerprint density at radius 3 is 2.52 bits per heavy atom. The molecule has 1 fully saturated rings. The van der Waals surface area contributed by atoms with Crippen molar-refractivity contribution < 1.29 is 9.72 Å². The Bertz CT molecular complexity index is 840. The maximum atomic E-state index is 12.6. The molecule has 1 aromatic carbocycles. The Kier molecular flexibility index (Phi) is 4.29. The quantitative estimate of drug-likeness (QED) is 0.351. The lowest BCUT2D eigenvalue weighted by Gasteiger charge is -2.13. The molecule has 5 nitrogen and oxygen atoms in total. The van der Waals surface area contributed by atoms with Gasteiger partial charge in [0.15, 0.2) is 4.32 Å². The lowest BCUT2D eigenvalue weighted by Crippen LogP contribution is -2.27. The highest BCUT2D eigenvalue weighted by molar-refractivity contribution is 8.27. The van der Waals surface area contributed by atoms with E-state index in [0.29, 0.717) is 14.9 Å². The first-order valence-electron chi connectivity index (χ1n) is 6.54. The summed E-state index contributed by atoms with van der Waals surface area (Å²) in [6.07, 6.45) is 1.84. The molecule has 0 spiro atoms. The summed E-state index contributed by atoms with van der Waals surface area (Å²) < 4.78 is 0.421. The number of hydrogen-bond donors (Lipinski definition) is 0. The number of benzene rings is 1. The van der Waals surface area contributed by atoms with Crippen LogP contribution in [0.25, 0.3) is 6.08 Å². The fraction of sp³-hybridized carbons (Fsp3) is 0.0667. The molecule has 0 bridgehead atoms. The van der Waals surface area contributed by atoms with Crippen LogP contribution in [0.5, 0.6) is 0 Å². The van der Waals surface area contributed by atoms with Gasteiger partial charge in [0.05, 0.1) is 15.5 Å². The van der Waals surface area contributed by atoms with E-state index in [1.54, 1.807) is 11.3 Å². The van der Waals surface area contributed by atoms with Crippen molar-refractivity contribution in [3.63, 3.8) is 0 Å². The van der Waals surface area contributed by atoms with Crippen molar-refractivity contribution in [3.05, 3.63) is 61.2 Å². The number of thiocarbonyl (C=S) groups is 1. The van der Waals surface area contributed by atoms with Crippen molar-refractivity contribution in [3.8, 4) is 0 Å². The molecular weight excluding hydrogens is 352 g/mol. The first-order chi connectivity index (χ1) is 11.0. The van der Waals surface area contributed by atoms with Crippen LogP contribution in [0.3, 0.4) is 0 Å². The van der Waals surface area contributed by atoms with E-state index in [4.69, 9.17) is 12.2 Å². The molecular formula is C15H10N2O3S3. The normalized spacial score (nSPS) is 16.4. The molecule has 0 N–H and O–H groups in total. The average Bonchev–Trinajstić information content (AvgIpc) is 3.04. The predicted molar refractivity (Wildman–Crippen MR) is 97.8 cm³/mol. The highest BCUT2D eigenvalue weighted by Gasteiger charge is 2.33. The fourth-order valence-electron chi connectivity index (χ4n) is 2.07. The van der Waals surface area contributed by atoms with Gasteiger partial charge in [-0.2, -0.15) is 0 Å². The summed E-state index contributed by atoms with van der Waals surface area (Å²) in [5.41, 5.74) is 1.61. The van der Waals surface area contributed by atoms with Gasteiger partial charge >= 0.3 is 0 Å². The second-order valence-corrected chi connectivity index (χ2v) is 7.38. The van der Waals surface area contributed by atoms with Gasteiger partial charge in [-0.3, -0.25) is 19.8 Å². The van der Waals surface area contributed by atoms with Gasteiger partial charge in [-0.05, 0) is 42.1 Å². The Hall–Kier alpha value is -2.03. The van der Waals surface area contributed by atoms with Gasteiger partial charge < -0.3 is 0 Å². The summed E-state index contributed by atoms with van der Waals surface area (Å²) in [6, 6.07) is 7.78. The zero-order valence-electron chi connectivity index (χ0n) is 11.9. The van der Waals surface area contributed by atoms with E-state index in [1.807, 2.05) is 24.4 Å². The van der Waals surface area contributed by atoms with E-state index in [9.17, 15) is 14.9 Å². The smallest absolute Gasteiger partial charge is 0.268 e. The van der Waals surface area contributed by atoms with Gasteiger partial charge in [-0.25, -0.2) is 0 Å². The van der Waals surface area contributed by atoms with E-state index >= 15 is 0 Å². The van der Waals surface area contributed by atoms with Crippen LogP contribution >= 0.6 is 35.3 Å². The first kappa shape index (κ1) is 15.9. The van der Waals surface area contributed by atoms with Crippen molar-refractivity contribution in [2.24, 2.45) is 0 Å². The van der Waals surface area contributed by atoms with E-state index in [-0.39, 0.29) is 11.6 Å². The van der Waals surface area contributed by atoms with Crippen LogP contribution in [0, 0.1) is 17.0 Å². The van der Waals surface area contributed by atoms with Crippen molar-refractivity contribution in [1.82, 2.24) is 0 Å². The number of thioether (sulfide) groups is 1. The summed E-state index contributed by atoms with van der Waals surface area (Å²) in [4.78, 5) is 25.8. The molecule has 116 valence electrons. The number of carbonyl (C=O) groups excluding carboxylic acids is 1. The van der Waals surface area contributed by atoms with E-state index in [2.05, 4.69) is 0 Å². The Morgan fingerprint density at radius 2 is 1.96 bits per heavy atom. The maximum Gasteiger partial charge on any atom is 0.270 e. The summed E-state index contributed by atoms with van der Waals surface area (Å²) in [5.74, 6) is -0.207. The zero-order valence-corrected chi connectivity index (χ0v) is 14.3. The molecule has 0 saturated carbocycles. The van der Waals surface area contributed by atoms with Crippen molar-refractivity contribution in [2.45, 2.75) is 6.92 Å². The number of hydrogen-bond acceptors (Lipinski definition) is 6. The highest BCUT2D eigenvalue weighted by Crippen LogP contribution is 2.37. The van der Waals surface area contributed by atoms with Crippen LogP contribution in [0.4, 0.5) is 11.4 Å². The molecule has 1 saturated heterocycles. The lowest BCUT2D eigenvalue weighted by atomic mass is 10.2. The SMILES string of the molecule is Cc1ccsc1/C=C1/SC(=S)N(c2ccc([N+](=O)[O-])cc2)C1=O. The monoisotopic (exact) mass is 362 g/mol. The molecule has 0 atom stereocenters. The molecule has 8 heteroatoms. The molecule has 1 aliphatic rings. The third kappa shape index (κ3) is 3.05. The maximum absolute atomic E-state index is 12.6. The molecule has 1 amide bonds. The third-order valence-corrected chi connectivity index (χ3v) is 5.54. The van der Waals surface area contributed by atoms with E-state index in [0.717, 1.165) is 10.4 Å². The Morgan fingerprint density at radius 1 is 1.26 bits per heavy atom. The summed E-state index contributed by atoms with van der Waals surface area (Å²) in [5, 5.41) is 12.7. The average molecular weight is 362 g/mol. The van der Waals surface area contributed by atoms with Gasteiger partial charge in [0.1, 0.15) is 0 Å². The standard InChI is InChI=1S/C15H10N2O3S3/c1-9-6-7-22-12(9)8-13-14(18)16(15(21)23-13)10-2-4-11(5-3-10)17(19)20/h2-8H,1H3/b13-8+. The van der Waals surface area contributed by atoms with Crippen LogP contribution in [-0.4, -0.2) is 15.2 Å². The Balaban J connectivity index is 1.91. The minimum absolute atomic E-state index is 0.0241. The highest BCUT2D eigenvalue weighted by atomic mass is 32.2. The van der Waals surface area contributed by atoms with Crippen LogP contribution in [0.2, 0.25) is 0 Å². The lowest BCUT2D eigenvalue weighted by molar-refractivity contribution is -0.384. The van der Waals surface area contributed by atoms with Crippen molar-refractivity contribution in [1.29, 1.82) is 0 Å². The molecule has 2 heterocycles. The number of aryl methyl sites for hydroxylation is 1. The van der Waals surface area contributed by atoms with Crippen molar-refractivity contribution in [2.75, 3.05) is 4.90 Å². The second-order valence-electron chi connectivity index (χ2n) is 4.76. The molecule has 0 radical (unpaired) electrons. The topological polar surface area (TPSA) is 63.4 Å². The van der Waals surface area contributed by atoms with Crippen LogP contribution in [0.15, 0.2) is 40.6 Å². The third-order valence-electron chi connectivity index (χ3n) is 3.28. The number of carbonyl (C=O) groups is 1. The number of nitro benzene ring substituents is 1. The zero-order chi connectivity index (χ0) is 16.6. The largest absolute Gasteiger partial charge is 0.270 e. The van der Waals surface area contributed by atoms with Crippen LogP contribution in [0.1, 0.15) is 10.4 Å². The second kappa shape index (κ2) is 6.23. The molecule has 0 aliphatic carbocycles. The molecule has 1 aliphatic heterocycles. The molecule has 1 aromatic heterocycles. The van der Waals surface area contributed by atoms with Gasteiger partial charge in [0.2, 0.25) is 0 Å². The molecule has 2 aromatic rings. The van der Waals surface area contributed by atoms with E-state index in [1.165, 1.54) is 40.9 Å². The number of non-ortho nitro benzene ring substituents is 1. The Labute approximate surface area is 145 Å². The van der Waals surface area contributed by atoms with Gasteiger partial charge in [0, 0.05) is 17.0 Å². The minimum atomic E-state index is -0.479. The summed E-state index contributed by atoms with van der Waals surface area (Å²) in [7, 11) is 0.